The van der Waals surface area contributed by atoms with Crippen LogP contribution in [0.5, 0.6) is 0 Å². The summed E-state index contributed by atoms with van der Waals surface area (Å²) in [6, 6.07) is 9.27. The standard InChI is InChI=1S/C16H23N3O2/c1-11(12(2)17)16(21)19-9-8-18-15(20)10-14(19)13-6-4-3-5-7-13/h3-7,11-12,14H,8-10,17H2,1-2H3,(H,18,20). The smallest absolute Gasteiger partial charge is 0.227 e. The molecule has 2 amide bonds. The van der Waals surface area contributed by atoms with Crippen LogP contribution < -0.4 is 11.1 Å². The summed E-state index contributed by atoms with van der Waals surface area (Å²) in [5, 5.41) is 2.83. The first-order valence-electron chi connectivity index (χ1n) is 7.38. The van der Waals surface area contributed by atoms with Gasteiger partial charge in [0.15, 0.2) is 0 Å². The Morgan fingerprint density at radius 1 is 1.33 bits per heavy atom. The fourth-order valence-electron chi connectivity index (χ4n) is 2.55. The van der Waals surface area contributed by atoms with Crippen molar-refractivity contribution in [3.8, 4) is 0 Å². The van der Waals surface area contributed by atoms with E-state index in [9.17, 15) is 9.59 Å². The van der Waals surface area contributed by atoms with Gasteiger partial charge in [0.2, 0.25) is 11.8 Å². The zero-order valence-corrected chi connectivity index (χ0v) is 12.6. The van der Waals surface area contributed by atoms with E-state index in [1.807, 2.05) is 44.2 Å². The highest BCUT2D eigenvalue weighted by molar-refractivity contribution is 5.82. The number of amides is 2. The van der Waals surface area contributed by atoms with Gasteiger partial charge in [-0.1, -0.05) is 37.3 Å². The highest BCUT2D eigenvalue weighted by Crippen LogP contribution is 2.27. The summed E-state index contributed by atoms with van der Waals surface area (Å²) in [5.74, 6) is -0.271. The van der Waals surface area contributed by atoms with Crippen LogP contribution in [0.1, 0.15) is 31.9 Å². The number of hydrogen-bond donors (Lipinski definition) is 2. The predicted octanol–water partition coefficient (Wildman–Crippen LogP) is 1.06. The molecule has 3 N–H and O–H groups in total. The Bertz CT molecular complexity index is 502. The van der Waals surface area contributed by atoms with Gasteiger partial charge >= 0.3 is 0 Å². The van der Waals surface area contributed by atoms with Gasteiger partial charge in [0.1, 0.15) is 0 Å². The number of nitrogens with one attached hydrogen (secondary N) is 1. The molecule has 0 radical (unpaired) electrons. The van der Waals surface area contributed by atoms with Crippen molar-refractivity contribution in [2.24, 2.45) is 11.7 Å². The molecule has 5 nitrogen and oxygen atoms in total. The maximum Gasteiger partial charge on any atom is 0.227 e. The first kappa shape index (κ1) is 15.5. The minimum Gasteiger partial charge on any atom is -0.354 e. The summed E-state index contributed by atoms with van der Waals surface area (Å²) in [6.07, 6.45) is 0.293. The van der Waals surface area contributed by atoms with Crippen molar-refractivity contribution in [3.05, 3.63) is 35.9 Å². The second-order valence-electron chi connectivity index (χ2n) is 5.66. The van der Waals surface area contributed by atoms with Crippen molar-refractivity contribution in [1.29, 1.82) is 0 Å². The molecule has 1 saturated heterocycles. The molecule has 21 heavy (non-hydrogen) atoms. The van der Waals surface area contributed by atoms with Crippen LogP contribution >= 0.6 is 0 Å². The maximum absolute atomic E-state index is 12.7. The van der Waals surface area contributed by atoms with Gasteiger partial charge in [-0.15, -0.1) is 0 Å². The van der Waals surface area contributed by atoms with E-state index in [4.69, 9.17) is 5.73 Å². The van der Waals surface area contributed by atoms with Gasteiger partial charge in [0, 0.05) is 19.1 Å². The van der Waals surface area contributed by atoms with Gasteiger partial charge in [-0.05, 0) is 12.5 Å². The van der Waals surface area contributed by atoms with E-state index in [2.05, 4.69) is 5.32 Å². The Hall–Kier alpha value is -1.88. The highest BCUT2D eigenvalue weighted by Gasteiger charge is 2.32. The monoisotopic (exact) mass is 289 g/mol. The third-order valence-corrected chi connectivity index (χ3v) is 4.08. The predicted molar refractivity (Wildman–Crippen MR) is 81.3 cm³/mol. The largest absolute Gasteiger partial charge is 0.354 e. The lowest BCUT2D eigenvalue weighted by molar-refractivity contribution is -0.138. The topological polar surface area (TPSA) is 75.4 Å². The number of carbonyl (C=O) groups is 2. The van der Waals surface area contributed by atoms with Gasteiger partial charge < -0.3 is 16.0 Å². The molecule has 1 aromatic carbocycles. The molecule has 0 aromatic heterocycles. The molecule has 0 bridgehead atoms. The van der Waals surface area contributed by atoms with Crippen LogP contribution in [0.4, 0.5) is 0 Å². The van der Waals surface area contributed by atoms with Crippen LogP contribution in [0, 0.1) is 5.92 Å². The third kappa shape index (κ3) is 3.61. The van der Waals surface area contributed by atoms with Gasteiger partial charge in [0.25, 0.3) is 0 Å². The lowest BCUT2D eigenvalue weighted by Gasteiger charge is -2.32. The summed E-state index contributed by atoms with van der Waals surface area (Å²) in [4.78, 5) is 26.3. The lowest BCUT2D eigenvalue weighted by Crippen LogP contribution is -2.44. The zero-order valence-electron chi connectivity index (χ0n) is 12.6. The molecule has 1 aliphatic heterocycles. The van der Waals surface area contributed by atoms with Crippen molar-refractivity contribution in [1.82, 2.24) is 10.2 Å². The van der Waals surface area contributed by atoms with Crippen molar-refractivity contribution in [2.45, 2.75) is 32.4 Å². The van der Waals surface area contributed by atoms with Gasteiger partial charge in [0.05, 0.1) is 18.4 Å². The van der Waals surface area contributed by atoms with Crippen molar-refractivity contribution in [3.63, 3.8) is 0 Å². The fourth-order valence-corrected chi connectivity index (χ4v) is 2.55. The van der Waals surface area contributed by atoms with Crippen LogP contribution in [-0.4, -0.2) is 35.8 Å². The maximum atomic E-state index is 12.7. The highest BCUT2D eigenvalue weighted by atomic mass is 16.2. The molecule has 0 saturated carbocycles. The second-order valence-corrected chi connectivity index (χ2v) is 5.66. The van der Waals surface area contributed by atoms with E-state index in [-0.39, 0.29) is 29.8 Å². The average molecular weight is 289 g/mol. The van der Waals surface area contributed by atoms with Crippen LogP contribution in [-0.2, 0) is 9.59 Å². The van der Waals surface area contributed by atoms with E-state index >= 15 is 0 Å². The van der Waals surface area contributed by atoms with Crippen LogP contribution in [0.2, 0.25) is 0 Å². The Labute approximate surface area is 125 Å². The van der Waals surface area contributed by atoms with Crippen LogP contribution in [0.25, 0.3) is 0 Å². The first-order chi connectivity index (χ1) is 10.0. The molecule has 1 fully saturated rings. The number of carbonyl (C=O) groups excluding carboxylic acids is 2. The summed E-state index contributed by atoms with van der Waals surface area (Å²) < 4.78 is 0. The number of nitrogens with zero attached hydrogens (tertiary/aromatic N) is 1. The minimum atomic E-state index is -0.260. The average Bonchev–Trinajstić information content (AvgIpc) is 2.68. The van der Waals surface area contributed by atoms with E-state index < -0.39 is 0 Å². The molecule has 1 aliphatic rings. The normalized spacial score (nSPS) is 22.1. The lowest BCUT2D eigenvalue weighted by atomic mass is 9.97. The quantitative estimate of drug-likeness (QED) is 0.873. The van der Waals surface area contributed by atoms with Crippen LogP contribution in [0.3, 0.4) is 0 Å². The van der Waals surface area contributed by atoms with Crippen molar-refractivity contribution < 1.29 is 9.59 Å². The first-order valence-corrected chi connectivity index (χ1v) is 7.38. The molecular weight excluding hydrogens is 266 g/mol. The van der Waals surface area contributed by atoms with Crippen LogP contribution in [0.15, 0.2) is 30.3 Å². The summed E-state index contributed by atoms with van der Waals surface area (Å²) in [7, 11) is 0. The molecule has 5 heteroatoms. The molecule has 0 spiro atoms. The minimum absolute atomic E-state index is 0.00959. The van der Waals surface area contributed by atoms with Crippen molar-refractivity contribution in [2.75, 3.05) is 13.1 Å². The van der Waals surface area contributed by atoms with E-state index in [0.717, 1.165) is 5.56 Å². The number of hydrogen-bond acceptors (Lipinski definition) is 3. The molecular formula is C16H23N3O2. The van der Waals surface area contributed by atoms with E-state index in [1.165, 1.54) is 0 Å². The second kappa shape index (κ2) is 6.72. The molecule has 3 atom stereocenters. The summed E-state index contributed by atoms with van der Waals surface area (Å²) in [6.45, 7) is 4.68. The number of benzene rings is 1. The molecule has 1 aromatic rings. The van der Waals surface area contributed by atoms with Gasteiger partial charge in [-0.25, -0.2) is 0 Å². The van der Waals surface area contributed by atoms with E-state index in [0.29, 0.717) is 19.5 Å². The molecule has 1 heterocycles. The fraction of sp³-hybridized carbons (Fsp3) is 0.500. The molecule has 3 unspecified atom stereocenters. The molecule has 0 aliphatic carbocycles. The SMILES string of the molecule is CC(N)C(C)C(=O)N1CCNC(=O)CC1c1ccccc1. The summed E-state index contributed by atoms with van der Waals surface area (Å²) >= 11 is 0. The summed E-state index contributed by atoms with van der Waals surface area (Å²) in [5.41, 5.74) is 6.85. The zero-order chi connectivity index (χ0) is 15.4. The van der Waals surface area contributed by atoms with E-state index in [1.54, 1.807) is 4.90 Å². The van der Waals surface area contributed by atoms with Crippen molar-refractivity contribution >= 4 is 11.8 Å². The Kier molecular flexibility index (Phi) is 4.96. The Morgan fingerprint density at radius 3 is 2.62 bits per heavy atom. The molecule has 2 rings (SSSR count). The number of rotatable bonds is 3. The third-order valence-electron chi connectivity index (χ3n) is 4.08. The Morgan fingerprint density at radius 2 is 2.00 bits per heavy atom. The number of nitrogens with two attached hydrogens (primary N) is 1. The Balaban J connectivity index is 2.30. The van der Waals surface area contributed by atoms with Gasteiger partial charge in [-0.2, -0.15) is 0 Å². The molecule has 114 valence electrons. The van der Waals surface area contributed by atoms with Gasteiger partial charge in [-0.3, -0.25) is 9.59 Å².